The minimum Gasteiger partial charge on any atom is -0.394 e. The van der Waals surface area contributed by atoms with Gasteiger partial charge in [0.1, 0.15) is 11.9 Å². The van der Waals surface area contributed by atoms with Gasteiger partial charge in [0.2, 0.25) is 10.0 Å². The average Bonchev–Trinajstić information content (AvgIpc) is 2.71. The third kappa shape index (κ3) is 7.15. The fraction of sp³-hybridized carbons (Fsp3) is 0.316. The molecule has 176 valence electrons. The van der Waals surface area contributed by atoms with E-state index in [1.54, 1.807) is 4.72 Å². The molecule has 2 unspecified atom stereocenters. The highest BCUT2D eigenvalue weighted by molar-refractivity contribution is 7.91. The lowest BCUT2D eigenvalue weighted by Crippen LogP contribution is -2.40. The molecule has 0 aliphatic heterocycles. The highest BCUT2D eigenvalue weighted by atomic mass is 32.2. The zero-order valence-corrected chi connectivity index (χ0v) is 17.1. The molecule has 0 fully saturated rings. The zero-order chi connectivity index (χ0) is 24.1. The Morgan fingerprint density at radius 3 is 2.22 bits per heavy atom. The number of aliphatic hydroxyl groups is 3. The Bertz CT molecular complexity index is 1040. The van der Waals surface area contributed by atoms with E-state index in [1.165, 1.54) is 24.3 Å². The van der Waals surface area contributed by atoms with E-state index in [2.05, 4.69) is 5.32 Å². The Morgan fingerprint density at radius 1 is 1.03 bits per heavy atom. The van der Waals surface area contributed by atoms with Gasteiger partial charge < -0.3 is 20.6 Å². The van der Waals surface area contributed by atoms with E-state index in [1.807, 2.05) is 0 Å². The van der Waals surface area contributed by atoms with Gasteiger partial charge in [0.15, 0.2) is 0 Å². The second kappa shape index (κ2) is 10.3. The van der Waals surface area contributed by atoms with Crippen LogP contribution in [0.1, 0.15) is 21.5 Å². The molecule has 2 aromatic carbocycles. The summed E-state index contributed by atoms with van der Waals surface area (Å²) < 4.78 is 78.7. The Morgan fingerprint density at radius 2 is 1.66 bits per heavy atom. The van der Waals surface area contributed by atoms with Crippen LogP contribution in [0.2, 0.25) is 0 Å². The van der Waals surface area contributed by atoms with Crippen molar-refractivity contribution in [3.63, 3.8) is 0 Å². The predicted molar refractivity (Wildman–Crippen MR) is 106 cm³/mol. The number of hydrogen-bond donors (Lipinski definition) is 5. The van der Waals surface area contributed by atoms with Crippen molar-refractivity contribution in [2.24, 2.45) is 0 Å². The molecular formula is C19H20F4N2O6S. The first-order chi connectivity index (χ1) is 14.8. The van der Waals surface area contributed by atoms with Crippen LogP contribution in [-0.4, -0.2) is 55.0 Å². The number of amides is 1. The lowest BCUT2D eigenvalue weighted by molar-refractivity contribution is -0.137. The van der Waals surface area contributed by atoms with E-state index < -0.39 is 63.7 Å². The molecule has 2 atom stereocenters. The van der Waals surface area contributed by atoms with Gasteiger partial charge in [0.05, 0.1) is 29.7 Å². The summed E-state index contributed by atoms with van der Waals surface area (Å²) in [6.45, 7) is -1.05. The summed E-state index contributed by atoms with van der Waals surface area (Å²) in [4.78, 5) is 12.0. The summed E-state index contributed by atoms with van der Waals surface area (Å²) in [6, 6.07) is 6.59. The minimum atomic E-state index is -4.98. The number of benzene rings is 2. The normalized spacial score (nSPS) is 14.0. The van der Waals surface area contributed by atoms with E-state index in [0.29, 0.717) is 12.1 Å². The number of carbonyl (C=O) groups excluding carboxylic acids is 1. The molecule has 1 amide bonds. The van der Waals surface area contributed by atoms with Crippen LogP contribution in [-0.2, 0) is 22.0 Å². The van der Waals surface area contributed by atoms with Crippen LogP contribution in [0.15, 0.2) is 42.5 Å². The lowest BCUT2D eigenvalue weighted by atomic mass is 10.1. The summed E-state index contributed by atoms with van der Waals surface area (Å²) in [5.74, 6) is -2.54. The number of anilines is 1. The Kier molecular flexibility index (Phi) is 8.18. The second-order valence-electron chi connectivity index (χ2n) is 6.77. The van der Waals surface area contributed by atoms with Crippen molar-refractivity contribution in [1.29, 1.82) is 0 Å². The maximum absolute atomic E-state index is 13.2. The molecule has 8 nitrogen and oxygen atoms in total. The van der Waals surface area contributed by atoms with Gasteiger partial charge in [-0.3, -0.25) is 9.52 Å². The Hall–Kier alpha value is -2.74. The van der Waals surface area contributed by atoms with Crippen LogP contribution in [0, 0.1) is 5.82 Å². The number of rotatable bonds is 9. The predicted octanol–water partition coefficient (Wildman–Crippen LogP) is 1.23. The zero-order valence-electron chi connectivity index (χ0n) is 16.3. The summed E-state index contributed by atoms with van der Waals surface area (Å²) in [5, 5.41) is 29.8. The highest BCUT2D eigenvalue weighted by Crippen LogP contribution is 2.35. The maximum atomic E-state index is 13.2. The number of carbonyl (C=O) groups is 1. The molecule has 0 saturated carbocycles. The van der Waals surface area contributed by atoms with Crippen molar-refractivity contribution in [2.45, 2.75) is 24.1 Å². The Labute approximate surface area is 180 Å². The molecule has 13 heteroatoms. The van der Waals surface area contributed by atoms with E-state index in [-0.39, 0.29) is 23.7 Å². The molecule has 0 radical (unpaired) electrons. The van der Waals surface area contributed by atoms with Gasteiger partial charge in [-0.25, -0.2) is 12.8 Å². The fourth-order valence-corrected chi connectivity index (χ4v) is 3.79. The molecule has 0 heterocycles. The molecule has 2 rings (SSSR count). The lowest BCUT2D eigenvalue weighted by Gasteiger charge is -2.16. The molecule has 5 N–H and O–H groups in total. The molecule has 32 heavy (non-hydrogen) atoms. The summed E-state index contributed by atoms with van der Waals surface area (Å²) in [6.07, 6.45) is -7.81. The van der Waals surface area contributed by atoms with E-state index >= 15 is 0 Å². The quantitative estimate of drug-likeness (QED) is 0.343. The first-order valence-electron chi connectivity index (χ1n) is 9.04. The largest absolute Gasteiger partial charge is 0.418 e. The van der Waals surface area contributed by atoms with E-state index in [9.17, 15) is 41.0 Å². The molecular weight excluding hydrogens is 460 g/mol. The van der Waals surface area contributed by atoms with Crippen molar-refractivity contribution >= 4 is 21.6 Å². The number of alkyl halides is 3. The standard InChI is InChI=1S/C19H20F4N2O6S/c20-13-5-6-15(14(7-13)19(21,22)23)25-32(30,31)10-11-1-3-12(4-2-11)18(29)24-8-16(27)17(28)9-26/h1-7,16-17,25-28H,8-10H2,(H,24,29). The van der Waals surface area contributed by atoms with Crippen LogP contribution in [0.4, 0.5) is 23.2 Å². The van der Waals surface area contributed by atoms with E-state index in [4.69, 9.17) is 5.11 Å². The van der Waals surface area contributed by atoms with Gasteiger partial charge in [-0.1, -0.05) is 12.1 Å². The van der Waals surface area contributed by atoms with Gasteiger partial charge in [0, 0.05) is 12.1 Å². The topological polar surface area (TPSA) is 136 Å². The first kappa shape index (κ1) is 25.5. The average molecular weight is 480 g/mol. The van der Waals surface area contributed by atoms with Gasteiger partial charge >= 0.3 is 6.18 Å². The molecule has 0 aromatic heterocycles. The van der Waals surface area contributed by atoms with Crippen LogP contribution >= 0.6 is 0 Å². The van der Waals surface area contributed by atoms with Crippen molar-refractivity contribution in [3.8, 4) is 0 Å². The molecule has 0 spiro atoms. The Balaban J connectivity index is 2.06. The van der Waals surface area contributed by atoms with Crippen molar-refractivity contribution < 1.29 is 46.1 Å². The SMILES string of the molecule is O=C(NCC(O)C(O)CO)c1ccc(CS(=O)(=O)Nc2ccc(F)cc2C(F)(F)F)cc1. The van der Waals surface area contributed by atoms with Crippen LogP contribution in [0.3, 0.4) is 0 Å². The van der Waals surface area contributed by atoms with Crippen LogP contribution in [0.5, 0.6) is 0 Å². The van der Waals surface area contributed by atoms with Crippen molar-refractivity contribution in [1.82, 2.24) is 5.32 Å². The number of sulfonamides is 1. The van der Waals surface area contributed by atoms with E-state index in [0.717, 1.165) is 0 Å². The summed E-state index contributed by atoms with van der Waals surface area (Å²) in [5.41, 5.74) is -2.05. The molecule has 2 aromatic rings. The van der Waals surface area contributed by atoms with Crippen molar-refractivity contribution in [3.05, 3.63) is 65.0 Å². The summed E-state index contributed by atoms with van der Waals surface area (Å²) in [7, 11) is -4.31. The number of aliphatic hydroxyl groups excluding tert-OH is 3. The van der Waals surface area contributed by atoms with Gasteiger partial charge in [-0.15, -0.1) is 0 Å². The monoisotopic (exact) mass is 480 g/mol. The second-order valence-corrected chi connectivity index (χ2v) is 8.50. The molecule has 0 bridgehead atoms. The van der Waals surface area contributed by atoms with Crippen LogP contribution < -0.4 is 10.0 Å². The van der Waals surface area contributed by atoms with Gasteiger partial charge in [-0.05, 0) is 35.9 Å². The van der Waals surface area contributed by atoms with Crippen LogP contribution in [0.25, 0.3) is 0 Å². The molecule has 0 saturated heterocycles. The number of halogens is 4. The highest BCUT2D eigenvalue weighted by Gasteiger charge is 2.35. The minimum absolute atomic E-state index is 0.0858. The van der Waals surface area contributed by atoms with Gasteiger partial charge in [-0.2, -0.15) is 13.2 Å². The summed E-state index contributed by atoms with van der Waals surface area (Å²) >= 11 is 0. The number of hydrogen-bond acceptors (Lipinski definition) is 6. The fourth-order valence-electron chi connectivity index (χ4n) is 2.57. The molecule has 0 aliphatic rings. The van der Waals surface area contributed by atoms with Gasteiger partial charge in [0.25, 0.3) is 5.91 Å². The maximum Gasteiger partial charge on any atom is 0.418 e. The number of nitrogens with one attached hydrogen (secondary N) is 2. The third-order valence-corrected chi connectivity index (χ3v) is 5.47. The molecule has 0 aliphatic carbocycles. The smallest absolute Gasteiger partial charge is 0.394 e. The third-order valence-electron chi connectivity index (χ3n) is 4.23. The van der Waals surface area contributed by atoms with Crippen molar-refractivity contribution in [2.75, 3.05) is 17.9 Å². The first-order valence-corrected chi connectivity index (χ1v) is 10.7.